The van der Waals surface area contributed by atoms with Crippen molar-refractivity contribution in [2.24, 2.45) is 0 Å². The Labute approximate surface area is 151 Å². The van der Waals surface area contributed by atoms with E-state index in [2.05, 4.69) is 15.5 Å². The summed E-state index contributed by atoms with van der Waals surface area (Å²) in [6, 6.07) is 1.49. The number of carboxylic acids is 1. The third-order valence-corrected chi connectivity index (χ3v) is 4.24. The number of anilines is 1. The van der Waals surface area contributed by atoms with Gasteiger partial charge in [-0.1, -0.05) is 19.0 Å². The fraction of sp³-hybridized carbons (Fsp3) is 0.333. The molecule has 0 radical (unpaired) electrons. The van der Waals surface area contributed by atoms with Crippen molar-refractivity contribution in [1.29, 1.82) is 0 Å². The molecular weight excluding hydrogens is 366 g/mol. The molecule has 0 aromatic carbocycles. The molecule has 0 bridgehead atoms. The van der Waals surface area contributed by atoms with Crippen molar-refractivity contribution in [1.82, 2.24) is 10.1 Å². The highest BCUT2D eigenvalue weighted by Gasteiger charge is 2.20. The molecule has 26 heavy (non-hydrogen) atoms. The lowest BCUT2D eigenvalue weighted by atomic mass is 10.2. The quantitative estimate of drug-likeness (QED) is 0.536. The molecule has 0 aliphatic heterocycles. The van der Waals surface area contributed by atoms with Crippen LogP contribution in [0.5, 0.6) is 0 Å². The summed E-state index contributed by atoms with van der Waals surface area (Å²) in [5.74, 6) is -4.13. The number of carbonyl (C=O) groups excluding carboxylic acids is 3. The third-order valence-electron chi connectivity index (χ3n) is 3.13. The number of hydrogen-bond donors (Lipinski definition) is 2. The maximum atomic E-state index is 11.4. The van der Waals surface area contributed by atoms with Gasteiger partial charge in [0.1, 0.15) is 18.0 Å². The van der Waals surface area contributed by atoms with E-state index in [9.17, 15) is 19.2 Å². The Morgan fingerprint density at radius 3 is 2.65 bits per heavy atom. The molecule has 0 atom stereocenters. The molecule has 2 heterocycles. The highest BCUT2D eigenvalue weighted by Crippen LogP contribution is 2.32. The lowest BCUT2D eigenvalue weighted by Crippen LogP contribution is -2.21. The molecule has 0 spiro atoms. The fourth-order valence-electron chi connectivity index (χ4n) is 1.84. The molecule has 2 aromatic rings. The second kappa shape index (κ2) is 8.34. The normalized spacial score (nSPS) is 10.4. The van der Waals surface area contributed by atoms with Crippen molar-refractivity contribution in [3.8, 4) is 11.5 Å². The van der Waals surface area contributed by atoms with E-state index in [0.29, 0.717) is 12.1 Å². The number of amides is 1. The number of rotatable bonds is 7. The maximum absolute atomic E-state index is 11.4. The lowest BCUT2D eigenvalue weighted by Gasteiger charge is -1.98. The summed E-state index contributed by atoms with van der Waals surface area (Å²) >= 11 is 1.11. The Hall–Kier alpha value is -3.08. The minimum Gasteiger partial charge on any atom is -0.474 e. The van der Waals surface area contributed by atoms with Crippen LogP contribution in [0.2, 0.25) is 0 Å². The van der Waals surface area contributed by atoms with Gasteiger partial charge < -0.3 is 14.4 Å². The highest BCUT2D eigenvalue weighted by atomic mass is 32.1. The molecular formula is C15H15N3O7S. The van der Waals surface area contributed by atoms with Crippen LogP contribution in [0, 0.1) is 0 Å². The second-order valence-electron chi connectivity index (χ2n) is 4.94. The van der Waals surface area contributed by atoms with Crippen molar-refractivity contribution in [3.63, 3.8) is 0 Å². The number of aliphatic carboxylic acids is 1. The summed E-state index contributed by atoms with van der Waals surface area (Å²) < 4.78 is 9.99. The van der Waals surface area contributed by atoms with Gasteiger partial charge in [0, 0.05) is 17.4 Å². The molecule has 0 aliphatic carbocycles. The number of nitrogens with one attached hydrogen (secondary N) is 1. The molecule has 0 aliphatic rings. The topological polar surface area (TPSA) is 149 Å². The molecule has 0 saturated heterocycles. The predicted octanol–water partition coefficient (Wildman–Crippen LogP) is 1.41. The van der Waals surface area contributed by atoms with Gasteiger partial charge in [0.05, 0.1) is 0 Å². The second-order valence-corrected chi connectivity index (χ2v) is 6.02. The Morgan fingerprint density at radius 2 is 2.04 bits per heavy atom. The van der Waals surface area contributed by atoms with Crippen molar-refractivity contribution >= 4 is 40.1 Å². The van der Waals surface area contributed by atoms with Gasteiger partial charge in [0.15, 0.2) is 10.9 Å². The summed E-state index contributed by atoms with van der Waals surface area (Å²) in [5.41, 5.74) is 0.677. The largest absolute Gasteiger partial charge is 0.474 e. The van der Waals surface area contributed by atoms with Crippen molar-refractivity contribution in [2.45, 2.75) is 33.3 Å². The molecule has 10 nitrogen and oxygen atoms in total. The van der Waals surface area contributed by atoms with Crippen LogP contribution < -0.4 is 5.32 Å². The van der Waals surface area contributed by atoms with Gasteiger partial charge in [-0.05, 0) is 6.42 Å². The zero-order valence-electron chi connectivity index (χ0n) is 13.9. The number of aryl methyl sites for hydroxylation is 1. The number of carbonyl (C=O) groups is 4. The average molecular weight is 381 g/mol. The van der Waals surface area contributed by atoms with E-state index in [1.165, 1.54) is 6.07 Å². The summed E-state index contributed by atoms with van der Waals surface area (Å²) in [6.45, 7) is 3.17. The minimum atomic E-state index is -1.62. The number of hydrogen-bond acceptors (Lipinski definition) is 9. The molecule has 1 amide bonds. The van der Waals surface area contributed by atoms with Gasteiger partial charge in [-0.25, -0.2) is 14.6 Å². The first-order valence-corrected chi connectivity index (χ1v) is 8.37. The molecule has 2 N–H and O–H groups in total. The number of ketones is 1. The Morgan fingerprint density at radius 1 is 1.31 bits per heavy atom. The summed E-state index contributed by atoms with van der Waals surface area (Å²) in [6.07, 6.45) is 0.610. The molecule has 2 aromatic heterocycles. The van der Waals surface area contributed by atoms with E-state index in [-0.39, 0.29) is 29.6 Å². The number of Topliss-reactive ketones (excluding diaryl/α,β-unsaturated/α-hetero) is 1. The van der Waals surface area contributed by atoms with E-state index < -0.39 is 23.6 Å². The van der Waals surface area contributed by atoms with Crippen molar-refractivity contribution in [2.75, 3.05) is 5.32 Å². The van der Waals surface area contributed by atoms with Gasteiger partial charge >= 0.3 is 17.8 Å². The maximum Gasteiger partial charge on any atom is 0.394 e. The summed E-state index contributed by atoms with van der Waals surface area (Å²) in [7, 11) is 0. The van der Waals surface area contributed by atoms with E-state index in [1.54, 1.807) is 6.92 Å². The zero-order valence-corrected chi connectivity index (χ0v) is 14.7. The molecule has 2 rings (SSSR count). The Kier molecular flexibility index (Phi) is 6.17. The summed E-state index contributed by atoms with van der Waals surface area (Å²) in [4.78, 5) is 49.3. The fourth-order valence-corrected chi connectivity index (χ4v) is 2.74. The van der Waals surface area contributed by atoms with E-state index in [0.717, 1.165) is 16.2 Å². The number of aromatic nitrogens is 2. The lowest BCUT2D eigenvalue weighted by molar-refractivity contribution is -0.154. The Bertz CT molecular complexity index is 855. The van der Waals surface area contributed by atoms with Gasteiger partial charge in [-0.15, -0.1) is 11.3 Å². The van der Waals surface area contributed by atoms with Crippen LogP contribution in [0.25, 0.3) is 11.5 Å². The van der Waals surface area contributed by atoms with Crippen molar-refractivity contribution < 1.29 is 33.5 Å². The minimum absolute atomic E-state index is 0.0480. The van der Waals surface area contributed by atoms with Crippen LogP contribution in [-0.4, -0.2) is 38.9 Å². The van der Waals surface area contributed by atoms with Gasteiger partial charge in [-0.3, -0.25) is 14.9 Å². The first kappa shape index (κ1) is 19.2. The van der Waals surface area contributed by atoms with E-state index in [4.69, 9.17) is 14.4 Å². The standard InChI is InChI=1S/C15H15N3O7S/c1-3-8(19)14(23)24-6-7-5-9(25-18-7)11-10(4-2)26-15(16-11)17-12(20)13(21)22/h5H,3-4,6H2,1-2H3,(H,21,22)(H,16,17,20). The van der Waals surface area contributed by atoms with E-state index in [1.807, 2.05) is 6.92 Å². The molecule has 0 unspecified atom stereocenters. The first-order chi connectivity index (χ1) is 12.3. The van der Waals surface area contributed by atoms with Gasteiger partial charge in [0.2, 0.25) is 5.78 Å². The number of nitrogens with zero attached hydrogens (tertiary/aromatic N) is 2. The van der Waals surface area contributed by atoms with Gasteiger partial charge in [-0.2, -0.15) is 0 Å². The Balaban J connectivity index is 2.13. The number of ether oxygens (including phenoxy) is 1. The summed E-state index contributed by atoms with van der Waals surface area (Å²) in [5, 5.41) is 14.7. The van der Waals surface area contributed by atoms with Crippen LogP contribution in [0.4, 0.5) is 5.13 Å². The molecule has 0 saturated carbocycles. The van der Waals surface area contributed by atoms with Crippen LogP contribution in [0.3, 0.4) is 0 Å². The smallest absolute Gasteiger partial charge is 0.394 e. The zero-order chi connectivity index (χ0) is 19.3. The average Bonchev–Trinajstić information content (AvgIpc) is 3.24. The SMILES string of the molecule is CCC(=O)C(=O)OCc1cc(-c2nc(NC(=O)C(=O)O)sc2CC)on1. The highest BCUT2D eigenvalue weighted by molar-refractivity contribution is 7.16. The molecule has 138 valence electrons. The number of carboxylic acid groups (broad SMARTS) is 1. The third kappa shape index (κ3) is 4.51. The van der Waals surface area contributed by atoms with Crippen LogP contribution >= 0.6 is 11.3 Å². The van der Waals surface area contributed by atoms with Gasteiger partial charge in [0.25, 0.3) is 0 Å². The number of thiazole rings is 1. The van der Waals surface area contributed by atoms with Crippen LogP contribution in [-0.2, 0) is 36.9 Å². The molecule has 11 heteroatoms. The first-order valence-electron chi connectivity index (χ1n) is 7.55. The molecule has 0 fully saturated rings. The van der Waals surface area contributed by atoms with Crippen LogP contribution in [0.15, 0.2) is 10.6 Å². The number of esters is 1. The monoisotopic (exact) mass is 381 g/mol. The van der Waals surface area contributed by atoms with E-state index >= 15 is 0 Å². The van der Waals surface area contributed by atoms with Crippen LogP contribution in [0.1, 0.15) is 30.8 Å². The predicted molar refractivity (Wildman–Crippen MR) is 88.3 cm³/mol. The van der Waals surface area contributed by atoms with Crippen molar-refractivity contribution in [3.05, 3.63) is 16.6 Å².